The number of Topliss-reactive ketones (excluding diaryl/α,β-unsaturated/α-hetero) is 1. The molecule has 0 aromatic heterocycles. The third-order valence-electron chi connectivity index (χ3n) is 21.6. The number of rotatable bonds is 6. The number of halogens is 1. The van der Waals surface area contributed by atoms with Gasteiger partial charge in [-0.2, -0.15) is 20.8 Å². The Labute approximate surface area is 502 Å². The second-order valence-electron chi connectivity index (χ2n) is 27.2. The summed E-state index contributed by atoms with van der Waals surface area (Å²) in [4.78, 5) is 31.8. The molecule has 2 N–H and O–H groups in total. The zero-order chi connectivity index (χ0) is 55.3. The van der Waals surface area contributed by atoms with Crippen LogP contribution in [-0.4, -0.2) is 79.8 Å². The second kappa shape index (κ2) is 29.8. The summed E-state index contributed by atoms with van der Waals surface area (Å²) < 4.78 is 16.4. The summed E-state index contributed by atoms with van der Waals surface area (Å²) >= 11 is 3.40. The Morgan fingerprint density at radius 1 is 0.608 bits per heavy atom. The van der Waals surface area contributed by atoms with Crippen LogP contribution in [-0.2, 0) is 14.4 Å². The van der Waals surface area contributed by atoms with Gasteiger partial charge in [-0.05, 0) is 274 Å². The fourth-order valence-corrected chi connectivity index (χ4v) is 18.0. The van der Waals surface area contributed by atoms with Gasteiger partial charge in [0.05, 0.1) is 32.5 Å². The molecule has 1 amide bonds. The Kier molecular flexibility index (Phi) is 26.2. The molecule has 0 unspecified atom stereocenters. The molecule has 0 spiro atoms. The van der Waals surface area contributed by atoms with Crippen molar-refractivity contribution < 1.29 is 57.7 Å². The van der Waals surface area contributed by atoms with Crippen LogP contribution in [0.15, 0.2) is 40.9 Å². The fourth-order valence-electron chi connectivity index (χ4n) is 17.8. The molecule has 0 radical (unpaired) electrons. The molecule has 8 aliphatic carbocycles. The van der Waals surface area contributed by atoms with E-state index in [1.54, 1.807) is 28.4 Å². The standard InChI is InChI=1S/C28H40O3.C22H37NO3.C8H9BrO.C4H8O.C4H9.2CH4.Li/c1-17-15-19(31-4)6-8-20(17)26(29)25-10-9-24-23-7-5-18-16-27(2,30)13-11-21(18)22(23)12-14-28(24,25)3;1-21(25)11-9-15-14(13-21)5-6-17-16(15)10-12-22(2)18(17)7-8-19(22)20(24)23(3)26-4;1-6-5-7(10-2)3-4-8(6)9;1-2-4-5-3-1;1-4(2)3;;;/h6,8,15,18,21-25,30H,5,7,9-14,16H2,1-4H3;14-19,25H,5-13H2,1-4H3;3-5H,1-2H3;1-4H2;1-3H3;2*1H4;/q;;;;-1;;;+1/t18-,21+,22-,23-,24+,25-,27-,28+;14-,15+,16-,17-,18+,19-,21-,22+;;;;;;/m11....../s1. The molecule has 9 fully saturated rings. The quantitative estimate of drug-likeness (QED) is 0.127. The van der Waals surface area contributed by atoms with Crippen LogP contribution in [0.4, 0.5) is 0 Å². The molecular weight excluding hydrogens is 1050 g/mol. The third-order valence-corrected chi connectivity index (χ3v) is 22.5. The normalized spacial score (nSPS) is 37.1. The first-order valence-corrected chi connectivity index (χ1v) is 30.9. The molecule has 1 heterocycles. The number of ether oxygens (including phenoxy) is 3. The molecular formula is C68H111BrLiNO8. The first kappa shape index (κ1) is 69.6. The molecule has 11 rings (SSSR count). The minimum atomic E-state index is -0.446. The minimum absolute atomic E-state index is 0. The number of hydroxylamine groups is 2. The molecule has 1 saturated heterocycles. The van der Waals surface area contributed by atoms with Crippen molar-refractivity contribution in [2.75, 3.05) is 41.6 Å². The van der Waals surface area contributed by atoms with Gasteiger partial charge in [0.25, 0.3) is 0 Å². The van der Waals surface area contributed by atoms with E-state index in [1.165, 1.54) is 106 Å². The minimum Gasteiger partial charge on any atom is -0.497 e. The van der Waals surface area contributed by atoms with Crippen molar-refractivity contribution in [2.24, 2.45) is 81.8 Å². The van der Waals surface area contributed by atoms with Crippen molar-refractivity contribution in [1.29, 1.82) is 0 Å². The van der Waals surface area contributed by atoms with Crippen LogP contribution in [0.2, 0.25) is 0 Å². The summed E-state index contributed by atoms with van der Waals surface area (Å²) in [5, 5.41) is 22.6. The Hall–Kier alpha value is -1.90. The van der Waals surface area contributed by atoms with Gasteiger partial charge in [-0.25, -0.2) is 5.06 Å². The number of amides is 1. The van der Waals surface area contributed by atoms with E-state index in [-0.39, 0.29) is 62.3 Å². The van der Waals surface area contributed by atoms with Crippen LogP contribution in [0.1, 0.15) is 213 Å². The number of carbonyl (C=O) groups excluding carboxylic acids is 2. The first-order valence-electron chi connectivity index (χ1n) is 30.1. The number of nitrogens with zero attached hydrogens (tertiary/aromatic N) is 1. The number of hydrogen-bond acceptors (Lipinski definition) is 8. The molecule has 16 atom stereocenters. The van der Waals surface area contributed by atoms with E-state index in [2.05, 4.69) is 50.5 Å². The predicted octanol–water partition coefficient (Wildman–Crippen LogP) is 13.7. The van der Waals surface area contributed by atoms with Crippen LogP contribution < -0.4 is 28.3 Å². The maximum absolute atomic E-state index is 13.7. The van der Waals surface area contributed by atoms with E-state index in [0.29, 0.717) is 17.6 Å². The van der Waals surface area contributed by atoms with Crippen molar-refractivity contribution in [1.82, 2.24) is 5.06 Å². The Balaban J connectivity index is 0.000000251. The molecule has 11 heteroatoms. The average Bonchev–Trinajstić information content (AvgIpc) is 4.33. The Bertz CT molecular complexity index is 2220. The van der Waals surface area contributed by atoms with Crippen LogP contribution >= 0.6 is 15.9 Å². The van der Waals surface area contributed by atoms with Crippen molar-refractivity contribution in [3.8, 4) is 11.5 Å². The van der Waals surface area contributed by atoms with Gasteiger partial charge in [0.15, 0.2) is 5.78 Å². The molecule has 79 heavy (non-hydrogen) atoms. The number of aliphatic hydroxyl groups is 2. The molecule has 2 aromatic carbocycles. The summed E-state index contributed by atoms with van der Waals surface area (Å²) in [5.74, 6) is 11.7. The van der Waals surface area contributed by atoms with Crippen LogP contribution in [0.5, 0.6) is 11.5 Å². The molecule has 9 aliphatic rings. The van der Waals surface area contributed by atoms with E-state index in [0.717, 1.165) is 126 Å². The maximum Gasteiger partial charge on any atom is 1.00 e. The zero-order valence-electron chi connectivity index (χ0n) is 50.6. The van der Waals surface area contributed by atoms with Crippen LogP contribution in [0.25, 0.3) is 0 Å². The van der Waals surface area contributed by atoms with Crippen LogP contribution in [0, 0.1) is 102 Å². The molecule has 444 valence electrons. The molecule has 1 aliphatic heterocycles. The summed E-state index contributed by atoms with van der Waals surface area (Å²) in [6.07, 6.45) is 23.6. The van der Waals surface area contributed by atoms with E-state index in [9.17, 15) is 19.8 Å². The van der Waals surface area contributed by atoms with Crippen molar-refractivity contribution in [3.63, 3.8) is 0 Å². The largest absolute Gasteiger partial charge is 1.00 e. The number of fused-ring (bicyclic) bond motifs is 10. The van der Waals surface area contributed by atoms with Gasteiger partial charge in [0, 0.05) is 42.1 Å². The maximum atomic E-state index is 13.7. The molecule has 9 nitrogen and oxygen atoms in total. The van der Waals surface area contributed by atoms with Gasteiger partial charge in [-0.15, -0.1) is 0 Å². The SMILES string of the molecule is C.C.C1CCOC1.CON(C)C(=O)[C@H]1CC[C@H]2[C@@H]3CC[C@@H]4C[C@](C)(O)CC[C@@H]4[C@H]3CC[C@]12C.COc1ccc(Br)c(C)c1.COc1ccc(C(=O)[C@H]2CC[C@H]3[C@@H]4CC[C@@H]5C[C@](C)(O)CC[C@@H]5[C@H]4CC[C@]23C)c(C)c1.C[C-](C)C.[Li+]. The summed E-state index contributed by atoms with van der Waals surface area (Å²) in [6, 6.07) is 11.8. The fraction of sp³-hybridized carbons (Fsp3) is 0.779. The smallest absolute Gasteiger partial charge is 0.497 e. The number of benzene rings is 2. The van der Waals surface area contributed by atoms with Crippen LogP contribution in [0.3, 0.4) is 0 Å². The van der Waals surface area contributed by atoms with E-state index in [1.807, 2.05) is 64.1 Å². The van der Waals surface area contributed by atoms with Crippen molar-refractivity contribution in [3.05, 3.63) is 63.5 Å². The second-order valence-corrected chi connectivity index (χ2v) is 28.1. The summed E-state index contributed by atoms with van der Waals surface area (Å²) in [6.45, 7) is 21.2. The molecule has 8 saturated carbocycles. The number of hydrogen-bond donors (Lipinski definition) is 2. The van der Waals surface area contributed by atoms with Crippen molar-refractivity contribution >= 4 is 27.6 Å². The first-order chi connectivity index (χ1) is 36.0. The van der Waals surface area contributed by atoms with Gasteiger partial charge in [0.2, 0.25) is 5.91 Å². The monoisotopic (exact) mass is 1160 g/mol. The van der Waals surface area contributed by atoms with E-state index in [4.69, 9.17) is 19.0 Å². The molecule has 0 bridgehead atoms. The third kappa shape index (κ3) is 16.1. The number of aryl methyl sites for hydroxylation is 2. The summed E-state index contributed by atoms with van der Waals surface area (Å²) in [7, 11) is 6.69. The summed E-state index contributed by atoms with van der Waals surface area (Å²) in [5.41, 5.74) is 2.55. The Morgan fingerprint density at radius 2 is 1.04 bits per heavy atom. The van der Waals surface area contributed by atoms with Gasteiger partial charge in [0.1, 0.15) is 11.5 Å². The van der Waals surface area contributed by atoms with Gasteiger partial charge in [-0.3, -0.25) is 14.4 Å². The van der Waals surface area contributed by atoms with E-state index >= 15 is 0 Å². The van der Waals surface area contributed by atoms with E-state index < -0.39 is 11.2 Å². The average molecular weight is 1160 g/mol. The zero-order valence-corrected chi connectivity index (χ0v) is 52.2. The predicted molar refractivity (Wildman–Crippen MR) is 323 cm³/mol. The van der Waals surface area contributed by atoms with Gasteiger partial charge >= 0.3 is 18.9 Å². The number of methoxy groups -OCH3 is 2. The molecule has 2 aromatic rings. The number of ketones is 1. The topological polar surface area (TPSA) is 115 Å². The van der Waals surface area contributed by atoms with Gasteiger partial charge in [-0.1, -0.05) is 44.6 Å². The van der Waals surface area contributed by atoms with Crippen molar-refractivity contribution in [2.45, 2.75) is 217 Å². The van der Waals surface area contributed by atoms with Gasteiger partial charge < -0.3 is 30.3 Å². The number of carbonyl (C=O) groups is 2. The Morgan fingerprint density at radius 3 is 1.46 bits per heavy atom.